The number of nitrogens with one attached hydrogen (secondary N) is 2. The molecule has 7 nitrogen and oxygen atoms in total. The number of anilines is 1. The number of sulfonamides is 1. The Balaban J connectivity index is 0.00000208. The van der Waals surface area contributed by atoms with E-state index in [9.17, 15) is 13.2 Å². The van der Waals surface area contributed by atoms with Crippen LogP contribution in [0.3, 0.4) is 0 Å². The molecule has 0 bridgehead atoms. The normalized spacial score (nSPS) is 23.5. The Labute approximate surface area is 148 Å². The van der Waals surface area contributed by atoms with E-state index in [0.717, 1.165) is 12.0 Å². The van der Waals surface area contributed by atoms with E-state index in [1.807, 2.05) is 6.92 Å². The first-order chi connectivity index (χ1) is 10.9. The van der Waals surface area contributed by atoms with E-state index < -0.39 is 16.1 Å². The topological polar surface area (TPSA) is 87.7 Å². The van der Waals surface area contributed by atoms with Gasteiger partial charge in [-0.1, -0.05) is 6.07 Å². The summed E-state index contributed by atoms with van der Waals surface area (Å²) in [6, 6.07) is 4.52. The van der Waals surface area contributed by atoms with Gasteiger partial charge in [-0.2, -0.15) is 0 Å². The van der Waals surface area contributed by atoms with Gasteiger partial charge >= 0.3 is 0 Å². The van der Waals surface area contributed by atoms with Gasteiger partial charge in [-0.05, 0) is 38.1 Å². The Morgan fingerprint density at radius 2 is 2.17 bits per heavy atom. The van der Waals surface area contributed by atoms with Crippen molar-refractivity contribution in [2.45, 2.75) is 30.4 Å². The number of carbonyl (C=O) groups is 1. The van der Waals surface area contributed by atoms with E-state index >= 15 is 0 Å². The summed E-state index contributed by atoms with van der Waals surface area (Å²) in [7, 11) is -2.16. The number of halogens is 1. The molecule has 1 fully saturated rings. The average molecular weight is 376 g/mol. The third-order valence-corrected chi connectivity index (χ3v) is 5.79. The Kier molecular flexibility index (Phi) is 5.87. The number of amides is 1. The highest BCUT2D eigenvalue weighted by molar-refractivity contribution is 7.89. The van der Waals surface area contributed by atoms with Gasteiger partial charge < -0.3 is 15.0 Å². The van der Waals surface area contributed by atoms with E-state index in [0.29, 0.717) is 25.4 Å². The second-order valence-corrected chi connectivity index (χ2v) is 7.63. The summed E-state index contributed by atoms with van der Waals surface area (Å²) in [6.45, 7) is 3.65. The molecular weight excluding hydrogens is 354 g/mol. The van der Waals surface area contributed by atoms with Crippen LogP contribution in [0, 0.1) is 0 Å². The molecule has 2 heterocycles. The van der Waals surface area contributed by atoms with Gasteiger partial charge in [0.1, 0.15) is 6.04 Å². The van der Waals surface area contributed by atoms with E-state index in [2.05, 4.69) is 10.0 Å². The van der Waals surface area contributed by atoms with Crippen molar-refractivity contribution in [2.24, 2.45) is 0 Å². The molecule has 2 aliphatic rings. The standard InChI is InChI=1S/C15H21N3O4S.ClH/c1-10-14(17-6-8-22-10)15(19)18-7-5-11-3-4-12(9-13(11)18)23(20,21)16-2;/h3-4,9-10,14,16-17H,5-8H2,1-2H3;1H/t10-,14+;/m1./s1. The van der Waals surface area contributed by atoms with Crippen molar-refractivity contribution in [3.8, 4) is 0 Å². The lowest BCUT2D eigenvalue weighted by Gasteiger charge is -2.32. The molecule has 0 spiro atoms. The molecule has 0 radical (unpaired) electrons. The summed E-state index contributed by atoms with van der Waals surface area (Å²) in [5.74, 6) is -0.0741. The molecule has 2 aliphatic heterocycles. The summed E-state index contributed by atoms with van der Waals surface area (Å²) in [4.78, 5) is 14.6. The van der Waals surface area contributed by atoms with Gasteiger partial charge in [0.25, 0.3) is 0 Å². The Hall–Kier alpha value is -1.19. The van der Waals surface area contributed by atoms with Crippen molar-refractivity contribution in [1.82, 2.24) is 10.0 Å². The summed E-state index contributed by atoms with van der Waals surface area (Å²) in [5, 5.41) is 3.19. The number of carbonyl (C=O) groups excluding carboxylic acids is 1. The first-order valence-corrected chi connectivity index (χ1v) is 9.15. The smallest absolute Gasteiger partial charge is 0.246 e. The lowest BCUT2D eigenvalue weighted by Crippen LogP contribution is -2.56. The van der Waals surface area contributed by atoms with Gasteiger partial charge in [-0.25, -0.2) is 13.1 Å². The number of nitrogens with zero attached hydrogens (tertiary/aromatic N) is 1. The van der Waals surface area contributed by atoms with E-state index in [-0.39, 0.29) is 29.3 Å². The fourth-order valence-electron chi connectivity index (χ4n) is 3.05. The summed E-state index contributed by atoms with van der Waals surface area (Å²) >= 11 is 0. The highest BCUT2D eigenvalue weighted by Crippen LogP contribution is 2.31. The van der Waals surface area contributed by atoms with Gasteiger partial charge in [0.2, 0.25) is 15.9 Å². The molecule has 3 rings (SSSR count). The number of fused-ring (bicyclic) bond motifs is 1. The molecule has 24 heavy (non-hydrogen) atoms. The van der Waals surface area contributed by atoms with Crippen LogP contribution < -0.4 is 14.9 Å². The Morgan fingerprint density at radius 1 is 1.42 bits per heavy atom. The molecule has 1 aromatic carbocycles. The predicted octanol–water partition coefficient (Wildman–Crippen LogP) is 0.282. The van der Waals surface area contributed by atoms with Crippen molar-refractivity contribution in [3.05, 3.63) is 23.8 Å². The highest BCUT2D eigenvalue weighted by atomic mass is 35.5. The summed E-state index contributed by atoms with van der Waals surface area (Å²) in [5.41, 5.74) is 1.66. The van der Waals surface area contributed by atoms with Crippen LogP contribution in [-0.2, 0) is 26.0 Å². The van der Waals surface area contributed by atoms with Crippen molar-refractivity contribution in [2.75, 3.05) is 31.6 Å². The molecule has 0 saturated carbocycles. The first-order valence-electron chi connectivity index (χ1n) is 7.67. The van der Waals surface area contributed by atoms with Crippen LogP contribution in [0.25, 0.3) is 0 Å². The molecule has 0 aliphatic carbocycles. The Morgan fingerprint density at radius 3 is 2.83 bits per heavy atom. The minimum absolute atomic E-state index is 0. The fraction of sp³-hybridized carbons (Fsp3) is 0.533. The molecule has 1 saturated heterocycles. The van der Waals surface area contributed by atoms with Gasteiger partial charge in [0.15, 0.2) is 0 Å². The number of hydrogen-bond acceptors (Lipinski definition) is 5. The van der Waals surface area contributed by atoms with Crippen molar-refractivity contribution in [1.29, 1.82) is 0 Å². The molecule has 2 N–H and O–H groups in total. The lowest BCUT2D eigenvalue weighted by molar-refractivity contribution is -0.126. The summed E-state index contributed by atoms with van der Waals surface area (Å²) in [6.07, 6.45) is 0.521. The van der Waals surface area contributed by atoms with E-state index in [4.69, 9.17) is 4.74 Å². The first kappa shape index (κ1) is 19.1. The second kappa shape index (κ2) is 7.37. The van der Waals surface area contributed by atoms with Gasteiger partial charge in [0.05, 0.1) is 17.6 Å². The maximum absolute atomic E-state index is 12.8. The second-order valence-electron chi connectivity index (χ2n) is 5.75. The maximum atomic E-state index is 12.8. The number of rotatable bonds is 3. The zero-order valence-corrected chi connectivity index (χ0v) is 15.2. The van der Waals surface area contributed by atoms with Gasteiger partial charge in [-0.3, -0.25) is 4.79 Å². The van der Waals surface area contributed by atoms with Crippen LogP contribution in [0.1, 0.15) is 12.5 Å². The minimum atomic E-state index is -3.53. The molecule has 9 heteroatoms. The largest absolute Gasteiger partial charge is 0.375 e. The molecule has 2 atom stereocenters. The highest BCUT2D eigenvalue weighted by Gasteiger charge is 2.35. The van der Waals surface area contributed by atoms with Crippen molar-refractivity contribution in [3.63, 3.8) is 0 Å². The SMILES string of the molecule is CNS(=O)(=O)c1ccc2c(c1)N(C(=O)[C@H]1NCCO[C@@H]1C)CC2.Cl. The number of ether oxygens (including phenoxy) is 1. The quantitative estimate of drug-likeness (QED) is 0.792. The third-order valence-electron chi connectivity index (χ3n) is 4.38. The maximum Gasteiger partial charge on any atom is 0.246 e. The monoisotopic (exact) mass is 375 g/mol. The molecule has 134 valence electrons. The van der Waals surface area contributed by atoms with Gasteiger partial charge in [-0.15, -0.1) is 12.4 Å². The fourth-order valence-corrected chi connectivity index (χ4v) is 3.80. The van der Waals surface area contributed by atoms with Crippen LogP contribution in [0.2, 0.25) is 0 Å². The number of morpholine rings is 1. The molecule has 0 unspecified atom stereocenters. The van der Waals surface area contributed by atoms with E-state index in [1.54, 1.807) is 23.1 Å². The number of hydrogen-bond donors (Lipinski definition) is 2. The summed E-state index contributed by atoms with van der Waals surface area (Å²) < 4.78 is 31.8. The lowest BCUT2D eigenvalue weighted by atomic mass is 10.1. The third kappa shape index (κ3) is 3.43. The molecule has 1 aromatic rings. The number of benzene rings is 1. The predicted molar refractivity (Wildman–Crippen MR) is 93.2 cm³/mol. The van der Waals surface area contributed by atoms with Crippen molar-refractivity contribution < 1.29 is 17.9 Å². The molecular formula is C15H22ClN3O4S. The van der Waals surface area contributed by atoms with Crippen LogP contribution in [-0.4, -0.2) is 53.2 Å². The zero-order chi connectivity index (χ0) is 16.6. The zero-order valence-electron chi connectivity index (χ0n) is 13.6. The molecule has 0 aromatic heterocycles. The van der Waals surface area contributed by atoms with Crippen molar-refractivity contribution >= 4 is 34.0 Å². The van der Waals surface area contributed by atoms with E-state index in [1.165, 1.54) is 7.05 Å². The van der Waals surface area contributed by atoms with Crippen LogP contribution in [0.4, 0.5) is 5.69 Å². The molecule has 1 amide bonds. The van der Waals surface area contributed by atoms with Crippen LogP contribution >= 0.6 is 12.4 Å². The average Bonchev–Trinajstić information content (AvgIpc) is 2.97. The van der Waals surface area contributed by atoms with Gasteiger partial charge in [0, 0.05) is 18.8 Å². The Bertz CT molecular complexity index is 725. The van der Waals surface area contributed by atoms with Crippen LogP contribution in [0.5, 0.6) is 0 Å². The van der Waals surface area contributed by atoms with Crippen LogP contribution in [0.15, 0.2) is 23.1 Å². The minimum Gasteiger partial charge on any atom is -0.375 e.